The van der Waals surface area contributed by atoms with E-state index in [-0.39, 0.29) is 12.7 Å². The largest absolute Gasteiger partial charge is 0.497 e. The number of aliphatic hydroxyl groups excluding tert-OH is 1. The van der Waals surface area contributed by atoms with Crippen molar-refractivity contribution >= 4 is 0 Å². The smallest absolute Gasteiger partial charge is 0.135 e. The normalized spacial score (nSPS) is 18.3. The number of benzene rings is 1. The van der Waals surface area contributed by atoms with Crippen molar-refractivity contribution in [3.63, 3.8) is 0 Å². The maximum atomic E-state index is 8.80. The van der Waals surface area contributed by atoms with E-state index in [2.05, 4.69) is 11.8 Å². The molecule has 0 radical (unpaired) electrons. The van der Waals surface area contributed by atoms with Crippen LogP contribution in [-0.4, -0.2) is 38.1 Å². The van der Waals surface area contributed by atoms with E-state index in [0.717, 1.165) is 30.8 Å². The fourth-order valence-corrected chi connectivity index (χ4v) is 1.95. The molecular weight excluding hydrogens is 244 g/mol. The molecule has 1 aliphatic rings. The van der Waals surface area contributed by atoms with Gasteiger partial charge >= 0.3 is 0 Å². The second-order valence-corrected chi connectivity index (χ2v) is 4.28. The predicted molar refractivity (Wildman–Crippen MR) is 71.4 cm³/mol. The summed E-state index contributed by atoms with van der Waals surface area (Å²) in [5, 5.41) is 8.80. The van der Waals surface area contributed by atoms with Crippen molar-refractivity contribution in [3.05, 3.63) is 23.8 Å². The minimum absolute atomic E-state index is 0.0665. The Balaban J connectivity index is 2.17. The van der Waals surface area contributed by atoms with E-state index in [1.807, 2.05) is 18.2 Å². The summed E-state index contributed by atoms with van der Waals surface area (Å²) in [7, 11) is 1.61. The maximum Gasteiger partial charge on any atom is 0.135 e. The van der Waals surface area contributed by atoms with Crippen LogP contribution >= 0.6 is 0 Å². The van der Waals surface area contributed by atoms with Gasteiger partial charge in [0.15, 0.2) is 0 Å². The first-order valence-corrected chi connectivity index (χ1v) is 6.35. The van der Waals surface area contributed by atoms with E-state index in [9.17, 15) is 0 Å². The summed E-state index contributed by atoms with van der Waals surface area (Å²) in [6.07, 6.45) is 2.06. The number of aliphatic hydroxyl groups is 1. The minimum Gasteiger partial charge on any atom is -0.497 e. The molecule has 1 heterocycles. The van der Waals surface area contributed by atoms with E-state index in [1.54, 1.807) is 7.11 Å². The van der Waals surface area contributed by atoms with E-state index in [1.165, 1.54) is 0 Å². The summed E-state index contributed by atoms with van der Waals surface area (Å²) in [5.41, 5.74) is 0.721. The van der Waals surface area contributed by atoms with Crippen molar-refractivity contribution in [3.8, 4) is 23.3 Å². The molecule has 1 saturated heterocycles. The average Bonchev–Trinajstić information content (AvgIpc) is 2.47. The van der Waals surface area contributed by atoms with Crippen molar-refractivity contribution < 1.29 is 19.3 Å². The molecule has 1 aromatic carbocycles. The zero-order valence-corrected chi connectivity index (χ0v) is 11.0. The molecule has 19 heavy (non-hydrogen) atoms. The molecule has 4 nitrogen and oxygen atoms in total. The first-order valence-electron chi connectivity index (χ1n) is 6.35. The SMILES string of the molecule is COc1ccc(OC2CCCOC2)c(C#CCO)c1. The number of ether oxygens (including phenoxy) is 3. The van der Waals surface area contributed by atoms with Crippen LogP contribution in [0.2, 0.25) is 0 Å². The highest BCUT2D eigenvalue weighted by Gasteiger charge is 2.16. The van der Waals surface area contributed by atoms with Gasteiger partial charge in [-0.3, -0.25) is 0 Å². The number of hydrogen-bond donors (Lipinski definition) is 1. The summed E-state index contributed by atoms with van der Waals surface area (Å²) in [6.45, 7) is 1.24. The molecule has 1 unspecified atom stereocenters. The van der Waals surface area contributed by atoms with Gasteiger partial charge in [0.2, 0.25) is 0 Å². The monoisotopic (exact) mass is 262 g/mol. The van der Waals surface area contributed by atoms with Crippen LogP contribution in [0.3, 0.4) is 0 Å². The first-order chi connectivity index (χ1) is 9.33. The maximum absolute atomic E-state index is 8.80. The molecule has 102 valence electrons. The Hall–Kier alpha value is -1.70. The molecule has 0 saturated carbocycles. The zero-order chi connectivity index (χ0) is 13.5. The van der Waals surface area contributed by atoms with Crippen molar-refractivity contribution in [1.29, 1.82) is 0 Å². The van der Waals surface area contributed by atoms with Gasteiger partial charge in [-0.1, -0.05) is 11.8 Å². The molecule has 1 aromatic rings. The van der Waals surface area contributed by atoms with Gasteiger partial charge in [-0.2, -0.15) is 0 Å². The molecule has 0 amide bonds. The molecule has 4 heteroatoms. The van der Waals surface area contributed by atoms with Crippen LogP contribution in [-0.2, 0) is 4.74 Å². The van der Waals surface area contributed by atoms with Crippen molar-refractivity contribution in [2.75, 3.05) is 26.9 Å². The van der Waals surface area contributed by atoms with E-state index >= 15 is 0 Å². The quantitative estimate of drug-likeness (QED) is 0.841. The lowest BCUT2D eigenvalue weighted by atomic mass is 10.1. The summed E-state index contributed by atoms with van der Waals surface area (Å²) < 4.78 is 16.5. The fraction of sp³-hybridized carbons (Fsp3) is 0.467. The molecule has 1 N–H and O–H groups in total. The Morgan fingerprint density at radius 3 is 3.05 bits per heavy atom. The Bertz CT molecular complexity index is 467. The predicted octanol–water partition coefficient (Wildman–Crippen LogP) is 1.60. The van der Waals surface area contributed by atoms with E-state index in [0.29, 0.717) is 12.4 Å². The molecule has 1 atom stereocenters. The Kier molecular flexibility index (Phi) is 5.08. The molecule has 1 fully saturated rings. The standard InChI is InChI=1S/C15H18O4/c1-17-13-6-7-15(12(10-13)4-2-8-16)19-14-5-3-9-18-11-14/h6-7,10,14,16H,3,5,8-9,11H2,1H3. The lowest BCUT2D eigenvalue weighted by Gasteiger charge is -2.24. The van der Waals surface area contributed by atoms with Crippen LogP contribution in [0, 0.1) is 11.8 Å². The molecular formula is C15H18O4. The molecule has 0 bridgehead atoms. The molecule has 2 rings (SSSR count). The van der Waals surface area contributed by atoms with Crippen molar-refractivity contribution in [2.24, 2.45) is 0 Å². The van der Waals surface area contributed by atoms with Crippen LogP contribution in [0.5, 0.6) is 11.5 Å². The lowest BCUT2D eigenvalue weighted by molar-refractivity contribution is 0.00730. The lowest BCUT2D eigenvalue weighted by Crippen LogP contribution is -2.28. The van der Waals surface area contributed by atoms with Gasteiger partial charge in [0, 0.05) is 6.61 Å². The Morgan fingerprint density at radius 2 is 2.37 bits per heavy atom. The van der Waals surface area contributed by atoms with Crippen LogP contribution in [0.4, 0.5) is 0 Å². The van der Waals surface area contributed by atoms with Crippen LogP contribution in [0.1, 0.15) is 18.4 Å². The third-order valence-corrected chi connectivity index (χ3v) is 2.90. The van der Waals surface area contributed by atoms with Gasteiger partial charge in [-0.15, -0.1) is 0 Å². The van der Waals surface area contributed by atoms with E-state index in [4.69, 9.17) is 19.3 Å². The van der Waals surface area contributed by atoms with Gasteiger partial charge in [-0.05, 0) is 31.0 Å². The topological polar surface area (TPSA) is 47.9 Å². The summed E-state index contributed by atoms with van der Waals surface area (Å²) in [6, 6.07) is 5.49. The highest BCUT2D eigenvalue weighted by Crippen LogP contribution is 2.25. The van der Waals surface area contributed by atoms with E-state index < -0.39 is 0 Å². The number of rotatable bonds is 3. The third-order valence-electron chi connectivity index (χ3n) is 2.90. The molecule has 0 aliphatic carbocycles. The summed E-state index contributed by atoms with van der Waals surface area (Å²) in [5.74, 6) is 6.94. The molecule has 1 aliphatic heterocycles. The highest BCUT2D eigenvalue weighted by atomic mass is 16.5. The second kappa shape index (κ2) is 7.03. The molecule has 0 spiro atoms. The van der Waals surface area contributed by atoms with Gasteiger partial charge in [0.05, 0.1) is 19.3 Å². The molecule has 0 aromatic heterocycles. The summed E-state index contributed by atoms with van der Waals surface area (Å²) in [4.78, 5) is 0. The van der Waals surface area contributed by atoms with Gasteiger partial charge < -0.3 is 19.3 Å². The number of methoxy groups -OCH3 is 1. The number of hydrogen-bond acceptors (Lipinski definition) is 4. The Morgan fingerprint density at radius 1 is 1.47 bits per heavy atom. The first kappa shape index (κ1) is 13.7. The van der Waals surface area contributed by atoms with Gasteiger partial charge in [-0.25, -0.2) is 0 Å². The van der Waals surface area contributed by atoms with Crippen molar-refractivity contribution in [1.82, 2.24) is 0 Å². The van der Waals surface area contributed by atoms with Crippen molar-refractivity contribution in [2.45, 2.75) is 18.9 Å². The Labute approximate surface area is 113 Å². The zero-order valence-electron chi connectivity index (χ0n) is 11.0. The third kappa shape index (κ3) is 3.88. The summed E-state index contributed by atoms with van der Waals surface area (Å²) >= 11 is 0. The average molecular weight is 262 g/mol. The fourth-order valence-electron chi connectivity index (χ4n) is 1.95. The van der Waals surface area contributed by atoms with Gasteiger partial charge in [0.25, 0.3) is 0 Å². The highest BCUT2D eigenvalue weighted by molar-refractivity contribution is 5.50. The van der Waals surface area contributed by atoms with Crippen LogP contribution < -0.4 is 9.47 Å². The van der Waals surface area contributed by atoms with Gasteiger partial charge in [0.1, 0.15) is 24.2 Å². The second-order valence-electron chi connectivity index (χ2n) is 4.28. The van der Waals surface area contributed by atoms with Crippen LogP contribution in [0.15, 0.2) is 18.2 Å². The van der Waals surface area contributed by atoms with Crippen LogP contribution in [0.25, 0.3) is 0 Å². The minimum atomic E-state index is -0.177.